The second-order valence-electron chi connectivity index (χ2n) is 11.2. The SMILES string of the molecule is COc1cc(CCC(CC(OC(C)=O)C2CC(O)CCCC(CCO)C2)OC(C)=O)c(C2=CCNC(N)=C2)cc1O. The van der Waals surface area contributed by atoms with Crippen molar-refractivity contribution in [3.63, 3.8) is 0 Å². The molecule has 0 aromatic heterocycles. The molecule has 5 unspecified atom stereocenters. The molecule has 228 valence electrons. The van der Waals surface area contributed by atoms with Crippen LogP contribution in [0.15, 0.2) is 30.1 Å². The fourth-order valence-electron chi connectivity index (χ4n) is 6.08. The first-order valence-electron chi connectivity index (χ1n) is 14.5. The number of hydrogen-bond donors (Lipinski definition) is 5. The highest BCUT2D eigenvalue weighted by atomic mass is 16.6. The highest BCUT2D eigenvalue weighted by molar-refractivity contribution is 5.79. The maximum Gasteiger partial charge on any atom is 0.302 e. The largest absolute Gasteiger partial charge is 0.504 e. The van der Waals surface area contributed by atoms with Crippen LogP contribution in [-0.4, -0.2) is 65.8 Å². The molecule has 1 aliphatic heterocycles. The van der Waals surface area contributed by atoms with Gasteiger partial charge in [-0.2, -0.15) is 0 Å². The predicted octanol–water partition coefficient (Wildman–Crippen LogP) is 3.31. The standard InChI is InChI=1S/C31H46N2O8/c1-19(35)40-26(17-29(41-20(2)36)24-13-21(10-12-34)5-4-6-25(37)14-24)8-7-22-15-30(39-3)28(38)18-27(22)23-9-11-33-31(32)16-23/h9,15-16,18,21,24-26,29,33-34,37-38H,4-8,10-14,17,32H2,1-3H3. The molecule has 41 heavy (non-hydrogen) atoms. The predicted molar refractivity (Wildman–Crippen MR) is 155 cm³/mol. The van der Waals surface area contributed by atoms with Crippen molar-refractivity contribution >= 4 is 17.5 Å². The van der Waals surface area contributed by atoms with Gasteiger partial charge in [-0.1, -0.05) is 18.9 Å². The average molecular weight is 575 g/mol. The smallest absolute Gasteiger partial charge is 0.302 e. The molecular weight excluding hydrogens is 528 g/mol. The number of hydrogen-bond acceptors (Lipinski definition) is 10. The van der Waals surface area contributed by atoms with E-state index in [0.29, 0.717) is 56.6 Å². The minimum absolute atomic E-state index is 0.00406. The summed E-state index contributed by atoms with van der Waals surface area (Å²) in [4.78, 5) is 24.3. The van der Waals surface area contributed by atoms with Crippen molar-refractivity contribution < 1.29 is 39.1 Å². The van der Waals surface area contributed by atoms with Crippen LogP contribution < -0.4 is 15.8 Å². The van der Waals surface area contributed by atoms with Crippen LogP contribution in [-0.2, 0) is 25.5 Å². The number of benzene rings is 1. The van der Waals surface area contributed by atoms with E-state index in [9.17, 15) is 24.9 Å². The van der Waals surface area contributed by atoms with E-state index in [1.807, 2.05) is 6.08 Å². The number of esters is 2. The molecule has 1 fully saturated rings. The third-order valence-electron chi connectivity index (χ3n) is 7.96. The Labute approximate surface area is 242 Å². The Morgan fingerprint density at radius 3 is 2.56 bits per heavy atom. The van der Waals surface area contributed by atoms with Crippen molar-refractivity contribution in [2.45, 2.75) is 89.9 Å². The molecule has 5 atom stereocenters. The summed E-state index contributed by atoms with van der Waals surface area (Å²) in [6.07, 6.45) is 7.62. The molecule has 0 saturated heterocycles. The van der Waals surface area contributed by atoms with Crippen LogP contribution in [0.25, 0.3) is 5.57 Å². The van der Waals surface area contributed by atoms with Gasteiger partial charge in [-0.3, -0.25) is 9.59 Å². The van der Waals surface area contributed by atoms with E-state index >= 15 is 0 Å². The molecule has 3 rings (SSSR count). The molecule has 10 heteroatoms. The number of nitrogens with two attached hydrogens (primary N) is 1. The molecule has 1 saturated carbocycles. The Balaban J connectivity index is 1.87. The molecule has 0 radical (unpaired) electrons. The molecule has 10 nitrogen and oxygen atoms in total. The number of methoxy groups -OCH3 is 1. The number of aromatic hydroxyl groups is 1. The van der Waals surface area contributed by atoms with E-state index in [1.54, 1.807) is 18.2 Å². The van der Waals surface area contributed by atoms with Gasteiger partial charge in [0.2, 0.25) is 0 Å². The van der Waals surface area contributed by atoms with E-state index in [1.165, 1.54) is 21.0 Å². The Morgan fingerprint density at radius 1 is 1.15 bits per heavy atom. The number of carbonyl (C=O) groups is 2. The minimum Gasteiger partial charge on any atom is -0.504 e. The molecule has 6 N–H and O–H groups in total. The second-order valence-corrected chi connectivity index (χ2v) is 11.2. The summed E-state index contributed by atoms with van der Waals surface area (Å²) in [6.45, 7) is 3.35. The van der Waals surface area contributed by atoms with Gasteiger partial charge in [0.25, 0.3) is 0 Å². The third-order valence-corrected chi connectivity index (χ3v) is 7.96. The molecule has 2 aliphatic rings. The second kappa shape index (κ2) is 15.7. The summed E-state index contributed by atoms with van der Waals surface area (Å²) in [5.74, 6) is 0.105. The van der Waals surface area contributed by atoms with Crippen LogP contribution in [0.5, 0.6) is 11.5 Å². The average Bonchev–Trinajstić information content (AvgIpc) is 2.89. The fourth-order valence-corrected chi connectivity index (χ4v) is 6.08. The van der Waals surface area contributed by atoms with Crippen molar-refractivity contribution in [2.75, 3.05) is 20.3 Å². The molecular formula is C31H46N2O8. The van der Waals surface area contributed by atoms with Gasteiger partial charge in [0, 0.05) is 33.4 Å². The first-order chi connectivity index (χ1) is 19.6. The van der Waals surface area contributed by atoms with Crippen molar-refractivity contribution in [3.05, 3.63) is 41.2 Å². The number of aliphatic hydroxyl groups excluding tert-OH is 2. The molecule has 1 heterocycles. The third kappa shape index (κ3) is 9.97. The Hall–Kier alpha value is -3.24. The van der Waals surface area contributed by atoms with Crippen LogP contribution >= 0.6 is 0 Å². The number of phenols is 1. The zero-order valence-corrected chi connectivity index (χ0v) is 24.4. The van der Waals surface area contributed by atoms with Crippen LogP contribution in [0.3, 0.4) is 0 Å². The van der Waals surface area contributed by atoms with Gasteiger partial charge in [-0.15, -0.1) is 0 Å². The summed E-state index contributed by atoms with van der Waals surface area (Å²) in [6, 6.07) is 3.42. The van der Waals surface area contributed by atoms with Crippen LogP contribution in [0, 0.1) is 11.8 Å². The van der Waals surface area contributed by atoms with Gasteiger partial charge >= 0.3 is 11.9 Å². The van der Waals surface area contributed by atoms with E-state index in [2.05, 4.69) is 5.32 Å². The Bertz CT molecular complexity index is 1100. The Morgan fingerprint density at radius 2 is 1.90 bits per heavy atom. The highest BCUT2D eigenvalue weighted by Crippen LogP contribution is 2.37. The minimum atomic E-state index is -0.564. The lowest BCUT2D eigenvalue weighted by molar-refractivity contribution is -0.157. The number of aryl methyl sites for hydroxylation is 1. The molecule has 1 aromatic rings. The van der Waals surface area contributed by atoms with Crippen LogP contribution in [0.2, 0.25) is 0 Å². The normalized spacial score (nSPS) is 22.6. The van der Waals surface area contributed by atoms with Crippen LogP contribution in [0.4, 0.5) is 0 Å². The zero-order valence-electron chi connectivity index (χ0n) is 24.4. The quantitative estimate of drug-likeness (QED) is 0.234. The van der Waals surface area contributed by atoms with Gasteiger partial charge in [0.05, 0.1) is 19.0 Å². The number of phenolic OH excluding ortho intramolecular Hbond substituents is 1. The summed E-state index contributed by atoms with van der Waals surface area (Å²) in [5, 5.41) is 33.8. The van der Waals surface area contributed by atoms with Crippen molar-refractivity contribution in [1.29, 1.82) is 0 Å². The number of dihydropyridines is 1. The number of allylic oxidation sites excluding steroid dienone is 2. The van der Waals surface area contributed by atoms with E-state index in [4.69, 9.17) is 19.9 Å². The monoisotopic (exact) mass is 574 g/mol. The van der Waals surface area contributed by atoms with E-state index in [0.717, 1.165) is 29.5 Å². The van der Waals surface area contributed by atoms with Gasteiger partial charge in [-0.05, 0) is 85.3 Å². The first-order valence-corrected chi connectivity index (χ1v) is 14.5. The molecule has 0 amide bonds. The van der Waals surface area contributed by atoms with Crippen molar-refractivity contribution in [1.82, 2.24) is 5.32 Å². The lowest BCUT2D eigenvalue weighted by Gasteiger charge is -2.35. The summed E-state index contributed by atoms with van der Waals surface area (Å²) < 4.78 is 16.9. The maximum absolute atomic E-state index is 12.2. The molecule has 1 aliphatic carbocycles. The van der Waals surface area contributed by atoms with Gasteiger partial charge < -0.3 is 40.6 Å². The lowest BCUT2D eigenvalue weighted by Crippen LogP contribution is -2.36. The summed E-state index contributed by atoms with van der Waals surface area (Å²) >= 11 is 0. The molecule has 0 bridgehead atoms. The van der Waals surface area contributed by atoms with Crippen LogP contribution in [0.1, 0.15) is 76.3 Å². The van der Waals surface area contributed by atoms with E-state index < -0.39 is 30.3 Å². The summed E-state index contributed by atoms with van der Waals surface area (Å²) in [5.41, 5.74) is 8.53. The number of ether oxygens (including phenoxy) is 3. The van der Waals surface area contributed by atoms with Gasteiger partial charge in [-0.25, -0.2) is 0 Å². The number of aliphatic hydroxyl groups is 2. The van der Waals surface area contributed by atoms with Gasteiger partial charge in [0.15, 0.2) is 11.5 Å². The highest BCUT2D eigenvalue weighted by Gasteiger charge is 2.33. The molecule has 0 spiro atoms. The number of carbonyl (C=O) groups excluding carboxylic acids is 2. The fraction of sp³-hybridized carbons (Fsp3) is 0.613. The Kier molecular flexibility index (Phi) is 12.3. The van der Waals surface area contributed by atoms with Gasteiger partial charge in [0.1, 0.15) is 12.2 Å². The summed E-state index contributed by atoms with van der Waals surface area (Å²) in [7, 11) is 1.49. The van der Waals surface area contributed by atoms with E-state index in [-0.39, 0.29) is 30.6 Å². The topological polar surface area (TPSA) is 161 Å². The number of nitrogens with one attached hydrogen (secondary N) is 1. The molecule has 1 aromatic carbocycles. The lowest BCUT2D eigenvalue weighted by atomic mass is 9.78. The van der Waals surface area contributed by atoms with Crippen molar-refractivity contribution in [2.24, 2.45) is 17.6 Å². The first kappa shape index (κ1) is 32.3. The maximum atomic E-state index is 12.2. The number of rotatable bonds is 12. The van der Waals surface area contributed by atoms with Crippen molar-refractivity contribution in [3.8, 4) is 11.5 Å². The zero-order chi connectivity index (χ0) is 29.9.